The molecule has 1 fully saturated rings. The molecular weight excluding hydrogens is 372 g/mol. The highest BCUT2D eigenvalue weighted by atomic mass is 16.5. The van der Waals surface area contributed by atoms with Gasteiger partial charge in [-0.1, -0.05) is 0 Å². The number of rotatable bonds is 9. The fourth-order valence-corrected chi connectivity index (χ4v) is 3.07. The van der Waals surface area contributed by atoms with Gasteiger partial charge in [-0.3, -0.25) is 9.59 Å². The summed E-state index contributed by atoms with van der Waals surface area (Å²) in [6.45, 7) is 1.99. The average Bonchev–Trinajstić information content (AvgIpc) is 3.28. The summed E-state index contributed by atoms with van der Waals surface area (Å²) < 4.78 is 15.5. The second kappa shape index (κ2) is 10.4. The molecule has 7 nitrogen and oxygen atoms in total. The minimum Gasteiger partial charge on any atom is -0.497 e. The number of amides is 1. The summed E-state index contributed by atoms with van der Waals surface area (Å²) in [5, 5.41) is 2.73. The van der Waals surface area contributed by atoms with Gasteiger partial charge in [-0.15, -0.1) is 0 Å². The van der Waals surface area contributed by atoms with Gasteiger partial charge in [0.05, 0.1) is 20.1 Å². The zero-order chi connectivity index (χ0) is 20.5. The summed E-state index contributed by atoms with van der Waals surface area (Å²) in [6, 6.07) is 14.8. The predicted molar refractivity (Wildman–Crippen MR) is 111 cm³/mol. The van der Waals surface area contributed by atoms with E-state index in [1.807, 2.05) is 24.3 Å². The summed E-state index contributed by atoms with van der Waals surface area (Å²) in [7, 11) is 1.59. The first-order valence-corrected chi connectivity index (χ1v) is 9.71. The molecule has 0 atom stereocenters. The molecule has 0 aliphatic carbocycles. The van der Waals surface area contributed by atoms with Crippen molar-refractivity contribution in [3.8, 4) is 11.5 Å². The Kier molecular flexibility index (Phi) is 7.33. The Morgan fingerprint density at radius 1 is 0.966 bits per heavy atom. The van der Waals surface area contributed by atoms with Crippen molar-refractivity contribution in [2.75, 3.05) is 43.6 Å². The number of hydrogen-bond acceptors (Lipinski definition) is 6. The number of carbonyl (C=O) groups excluding carboxylic acids is 2. The largest absolute Gasteiger partial charge is 0.497 e. The van der Waals surface area contributed by atoms with Crippen molar-refractivity contribution in [1.82, 2.24) is 0 Å². The third-order valence-electron chi connectivity index (χ3n) is 4.62. The molecule has 7 heteroatoms. The van der Waals surface area contributed by atoms with Gasteiger partial charge in [0.2, 0.25) is 0 Å². The average molecular weight is 398 g/mol. The fourth-order valence-electron chi connectivity index (χ4n) is 3.07. The number of carbonyl (C=O) groups is 2. The lowest BCUT2D eigenvalue weighted by Crippen LogP contribution is -2.22. The monoisotopic (exact) mass is 398 g/mol. The van der Waals surface area contributed by atoms with E-state index in [1.54, 1.807) is 31.4 Å². The lowest BCUT2D eigenvalue weighted by Gasteiger charge is -2.17. The maximum absolute atomic E-state index is 12.0. The summed E-state index contributed by atoms with van der Waals surface area (Å²) >= 11 is 0. The number of nitrogens with one attached hydrogen (secondary N) is 1. The maximum atomic E-state index is 12.0. The fraction of sp³-hybridized carbons (Fsp3) is 0.364. The Hall–Kier alpha value is -3.22. The molecule has 0 spiro atoms. The van der Waals surface area contributed by atoms with Crippen LogP contribution in [-0.4, -0.2) is 45.3 Å². The third-order valence-corrected chi connectivity index (χ3v) is 4.62. The highest BCUT2D eigenvalue weighted by Gasteiger charge is 2.12. The van der Waals surface area contributed by atoms with Gasteiger partial charge in [0.15, 0.2) is 6.61 Å². The van der Waals surface area contributed by atoms with Gasteiger partial charge in [-0.05, 0) is 61.4 Å². The van der Waals surface area contributed by atoms with Crippen molar-refractivity contribution in [2.45, 2.75) is 19.3 Å². The van der Waals surface area contributed by atoms with Gasteiger partial charge in [0.1, 0.15) is 11.5 Å². The van der Waals surface area contributed by atoms with Crippen molar-refractivity contribution >= 4 is 23.3 Å². The number of anilines is 2. The molecule has 0 saturated carbocycles. The van der Waals surface area contributed by atoms with Crippen LogP contribution in [0.25, 0.3) is 0 Å². The third kappa shape index (κ3) is 6.41. The van der Waals surface area contributed by atoms with E-state index in [2.05, 4.69) is 10.2 Å². The van der Waals surface area contributed by atoms with Crippen LogP contribution in [0.2, 0.25) is 0 Å². The topological polar surface area (TPSA) is 77.1 Å². The number of hydrogen-bond donors (Lipinski definition) is 1. The number of esters is 1. The lowest BCUT2D eigenvalue weighted by molar-refractivity contribution is -0.147. The molecule has 1 heterocycles. The van der Waals surface area contributed by atoms with E-state index in [9.17, 15) is 9.59 Å². The normalized spacial score (nSPS) is 13.1. The van der Waals surface area contributed by atoms with Gasteiger partial charge in [-0.2, -0.15) is 0 Å². The highest BCUT2D eigenvalue weighted by molar-refractivity contribution is 5.92. The highest BCUT2D eigenvalue weighted by Crippen LogP contribution is 2.22. The number of benzene rings is 2. The van der Waals surface area contributed by atoms with E-state index in [0.29, 0.717) is 11.4 Å². The summed E-state index contributed by atoms with van der Waals surface area (Å²) in [5.74, 6) is 0.503. The predicted octanol–water partition coefficient (Wildman–Crippen LogP) is 3.25. The number of methoxy groups -OCH3 is 1. The molecule has 29 heavy (non-hydrogen) atoms. The van der Waals surface area contributed by atoms with E-state index in [0.717, 1.165) is 24.5 Å². The van der Waals surface area contributed by atoms with E-state index in [1.165, 1.54) is 12.8 Å². The van der Waals surface area contributed by atoms with Crippen molar-refractivity contribution in [2.24, 2.45) is 0 Å². The Labute approximate surface area is 170 Å². The van der Waals surface area contributed by atoms with Crippen LogP contribution in [0.4, 0.5) is 11.4 Å². The molecule has 3 rings (SSSR count). The molecular formula is C22H26N2O5. The second-order valence-electron chi connectivity index (χ2n) is 6.72. The van der Waals surface area contributed by atoms with Crippen molar-refractivity contribution in [3.63, 3.8) is 0 Å². The Morgan fingerprint density at radius 3 is 2.28 bits per heavy atom. The molecule has 0 unspecified atom stereocenters. The SMILES string of the molecule is COc1ccc(OCCC(=O)OCC(=O)Nc2ccc(N3CCCC3)cc2)cc1. The van der Waals surface area contributed by atoms with Crippen LogP contribution in [0.5, 0.6) is 11.5 Å². The van der Waals surface area contributed by atoms with Crippen LogP contribution in [0, 0.1) is 0 Å². The first-order valence-electron chi connectivity index (χ1n) is 9.71. The molecule has 2 aromatic carbocycles. The van der Waals surface area contributed by atoms with Crippen LogP contribution < -0.4 is 19.7 Å². The Balaban J connectivity index is 1.33. The molecule has 154 valence electrons. The number of nitrogens with zero attached hydrogens (tertiary/aromatic N) is 1. The van der Waals surface area contributed by atoms with Crippen LogP contribution in [0.1, 0.15) is 19.3 Å². The quantitative estimate of drug-likeness (QED) is 0.654. The van der Waals surface area contributed by atoms with Gasteiger partial charge in [0, 0.05) is 24.5 Å². The van der Waals surface area contributed by atoms with E-state index in [4.69, 9.17) is 14.2 Å². The second-order valence-corrected chi connectivity index (χ2v) is 6.72. The standard InChI is InChI=1S/C22H26N2O5/c1-27-19-8-10-20(11-9-19)28-15-12-22(26)29-16-21(25)23-17-4-6-18(7-5-17)24-13-2-3-14-24/h4-11H,2-3,12-16H2,1H3,(H,23,25). The molecule has 1 N–H and O–H groups in total. The summed E-state index contributed by atoms with van der Waals surface area (Å²) in [6.07, 6.45) is 2.49. The maximum Gasteiger partial charge on any atom is 0.309 e. The molecule has 0 radical (unpaired) electrons. The first-order chi connectivity index (χ1) is 14.1. The van der Waals surface area contributed by atoms with Crippen molar-refractivity contribution in [3.05, 3.63) is 48.5 Å². The Morgan fingerprint density at radius 2 is 1.62 bits per heavy atom. The molecule has 0 aromatic heterocycles. The van der Waals surface area contributed by atoms with E-state index in [-0.39, 0.29) is 25.5 Å². The molecule has 1 amide bonds. The molecule has 2 aromatic rings. The van der Waals surface area contributed by atoms with Gasteiger partial charge in [-0.25, -0.2) is 0 Å². The first kappa shape index (κ1) is 20.5. The molecule has 1 saturated heterocycles. The van der Waals surface area contributed by atoms with Gasteiger partial charge >= 0.3 is 5.97 Å². The minimum atomic E-state index is -0.488. The Bertz CT molecular complexity index is 799. The summed E-state index contributed by atoms with van der Waals surface area (Å²) in [4.78, 5) is 26.1. The lowest BCUT2D eigenvalue weighted by atomic mass is 10.2. The molecule has 1 aliphatic heterocycles. The van der Waals surface area contributed by atoms with Crippen LogP contribution >= 0.6 is 0 Å². The van der Waals surface area contributed by atoms with Crippen molar-refractivity contribution in [1.29, 1.82) is 0 Å². The van der Waals surface area contributed by atoms with Crippen LogP contribution in [0.15, 0.2) is 48.5 Å². The van der Waals surface area contributed by atoms with Crippen molar-refractivity contribution < 1.29 is 23.8 Å². The number of ether oxygens (including phenoxy) is 3. The van der Waals surface area contributed by atoms with Gasteiger partial charge in [0.25, 0.3) is 5.91 Å². The van der Waals surface area contributed by atoms with E-state index < -0.39 is 5.97 Å². The molecule has 1 aliphatic rings. The minimum absolute atomic E-state index is 0.0594. The smallest absolute Gasteiger partial charge is 0.309 e. The van der Waals surface area contributed by atoms with Crippen LogP contribution in [-0.2, 0) is 14.3 Å². The van der Waals surface area contributed by atoms with Crippen LogP contribution in [0.3, 0.4) is 0 Å². The zero-order valence-corrected chi connectivity index (χ0v) is 16.6. The van der Waals surface area contributed by atoms with Gasteiger partial charge < -0.3 is 24.4 Å². The summed E-state index contributed by atoms with van der Waals surface area (Å²) in [5.41, 5.74) is 1.83. The molecule has 0 bridgehead atoms. The zero-order valence-electron chi connectivity index (χ0n) is 16.6. The van der Waals surface area contributed by atoms with E-state index >= 15 is 0 Å².